The molecule has 9 nitrogen and oxygen atoms in total. The molecule has 0 aliphatic carbocycles. The highest BCUT2D eigenvalue weighted by atomic mass is 16.5. The third kappa shape index (κ3) is 4.03. The molecule has 0 amide bonds. The van der Waals surface area contributed by atoms with Gasteiger partial charge in [-0.1, -0.05) is 6.08 Å². The Labute approximate surface area is 174 Å². The van der Waals surface area contributed by atoms with Gasteiger partial charge >= 0.3 is 11.9 Å². The summed E-state index contributed by atoms with van der Waals surface area (Å²) < 4.78 is 12.1. The zero-order valence-electron chi connectivity index (χ0n) is 17.4. The second-order valence-electron chi connectivity index (χ2n) is 7.70. The molecule has 2 N–H and O–H groups in total. The van der Waals surface area contributed by atoms with Crippen LogP contribution in [0.4, 0.5) is 5.69 Å². The van der Waals surface area contributed by atoms with Crippen molar-refractivity contribution in [1.29, 1.82) is 0 Å². The lowest BCUT2D eigenvalue weighted by molar-refractivity contribution is -0.150. The zero-order chi connectivity index (χ0) is 22.1. The average molecular weight is 417 g/mol. The minimum Gasteiger partial charge on any atom is -0.476 e. The van der Waals surface area contributed by atoms with Gasteiger partial charge < -0.3 is 24.6 Å². The standard InChI is InChI=1S/C21H27N3O6/c1-5-10-30-21(3)6-8-23(9-7-21)17-15-11-14(19(26)27)22-24(15)12-13(2)16(17)18(25)20(28)29-4/h5,11-12,18,25H,1,6-10H2,2-4H3,(H,26,27). The molecule has 0 radical (unpaired) electrons. The molecule has 3 heterocycles. The normalized spacial score (nSPS) is 17.0. The zero-order valence-corrected chi connectivity index (χ0v) is 17.4. The Morgan fingerprint density at radius 2 is 2.07 bits per heavy atom. The summed E-state index contributed by atoms with van der Waals surface area (Å²) in [6.45, 7) is 9.14. The topological polar surface area (TPSA) is 114 Å². The Balaban J connectivity index is 2.09. The first-order valence-electron chi connectivity index (χ1n) is 9.72. The maximum atomic E-state index is 12.1. The van der Waals surface area contributed by atoms with Crippen LogP contribution in [-0.2, 0) is 14.3 Å². The van der Waals surface area contributed by atoms with E-state index in [0.29, 0.717) is 54.9 Å². The summed E-state index contributed by atoms with van der Waals surface area (Å²) in [6.07, 6.45) is 3.26. The lowest BCUT2D eigenvalue weighted by atomic mass is 9.91. The lowest BCUT2D eigenvalue weighted by Gasteiger charge is -2.41. The first-order valence-corrected chi connectivity index (χ1v) is 9.72. The molecule has 1 aliphatic rings. The summed E-state index contributed by atoms with van der Waals surface area (Å²) in [5.41, 5.74) is 1.66. The Kier molecular flexibility index (Phi) is 6.14. The second-order valence-corrected chi connectivity index (χ2v) is 7.70. The number of aromatic carboxylic acids is 1. The molecule has 1 aliphatic heterocycles. The molecule has 0 aromatic carbocycles. The summed E-state index contributed by atoms with van der Waals surface area (Å²) >= 11 is 0. The van der Waals surface area contributed by atoms with Crippen molar-refractivity contribution in [2.45, 2.75) is 38.4 Å². The van der Waals surface area contributed by atoms with Gasteiger partial charge in [-0.3, -0.25) is 0 Å². The summed E-state index contributed by atoms with van der Waals surface area (Å²) in [5.74, 6) is -1.93. The minimum absolute atomic E-state index is 0.114. The average Bonchev–Trinajstić information content (AvgIpc) is 3.15. The number of hydrogen-bond acceptors (Lipinski definition) is 7. The number of hydrogen-bond donors (Lipinski definition) is 2. The number of fused-ring (bicyclic) bond motifs is 1. The molecule has 1 atom stereocenters. The molecule has 2 aromatic heterocycles. The summed E-state index contributed by atoms with van der Waals surface area (Å²) in [4.78, 5) is 25.6. The number of aliphatic hydroxyl groups is 1. The van der Waals surface area contributed by atoms with Gasteiger partial charge in [0.25, 0.3) is 0 Å². The molecular formula is C21H27N3O6. The fraction of sp³-hybridized carbons (Fsp3) is 0.476. The van der Waals surface area contributed by atoms with Crippen molar-refractivity contribution in [3.63, 3.8) is 0 Å². The molecule has 1 fully saturated rings. The molecule has 0 saturated carbocycles. The maximum Gasteiger partial charge on any atom is 0.356 e. The number of ether oxygens (including phenoxy) is 2. The number of aromatic nitrogens is 2. The highest BCUT2D eigenvalue weighted by Gasteiger charge is 2.35. The number of aliphatic hydroxyl groups excluding tert-OH is 1. The summed E-state index contributed by atoms with van der Waals surface area (Å²) in [5, 5.41) is 24.2. The predicted octanol–water partition coefficient (Wildman–Crippen LogP) is 2.11. The maximum absolute atomic E-state index is 12.1. The number of carbonyl (C=O) groups excluding carboxylic acids is 1. The van der Waals surface area contributed by atoms with E-state index < -0.39 is 18.0 Å². The van der Waals surface area contributed by atoms with Crippen LogP contribution in [0.3, 0.4) is 0 Å². The van der Waals surface area contributed by atoms with Gasteiger partial charge in [0.2, 0.25) is 0 Å². The van der Waals surface area contributed by atoms with E-state index in [4.69, 9.17) is 9.47 Å². The van der Waals surface area contributed by atoms with Gasteiger partial charge in [0.05, 0.1) is 30.5 Å². The summed E-state index contributed by atoms with van der Waals surface area (Å²) in [6, 6.07) is 1.45. The first kappa shape index (κ1) is 21.8. The molecule has 0 spiro atoms. The van der Waals surface area contributed by atoms with Crippen molar-refractivity contribution in [3.8, 4) is 0 Å². The minimum atomic E-state index is -1.50. The molecular weight excluding hydrogens is 390 g/mol. The number of nitrogens with zero attached hydrogens (tertiary/aromatic N) is 3. The van der Waals surface area contributed by atoms with Crippen LogP contribution in [0, 0.1) is 6.92 Å². The molecule has 1 saturated heterocycles. The van der Waals surface area contributed by atoms with Gasteiger partial charge in [-0.05, 0) is 32.3 Å². The van der Waals surface area contributed by atoms with E-state index in [1.54, 1.807) is 19.2 Å². The number of methoxy groups -OCH3 is 1. The van der Waals surface area contributed by atoms with Crippen LogP contribution in [0.15, 0.2) is 24.9 Å². The van der Waals surface area contributed by atoms with Crippen LogP contribution in [0.1, 0.15) is 47.5 Å². The van der Waals surface area contributed by atoms with E-state index in [9.17, 15) is 19.8 Å². The number of pyridine rings is 1. The first-order chi connectivity index (χ1) is 14.2. The van der Waals surface area contributed by atoms with E-state index in [1.807, 2.05) is 11.8 Å². The predicted molar refractivity (Wildman–Crippen MR) is 110 cm³/mol. The van der Waals surface area contributed by atoms with Crippen molar-refractivity contribution in [2.75, 3.05) is 31.7 Å². The molecule has 2 aromatic rings. The lowest BCUT2D eigenvalue weighted by Crippen LogP contribution is -2.45. The second kappa shape index (κ2) is 8.45. The SMILES string of the molecule is C=CCOC1(C)CCN(c2c(C(O)C(=O)OC)c(C)cn3nc(C(=O)O)cc23)CC1. The fourth-order valence-corrected chi connectivity index (χ4v) is 3.87. The third-order valence-corrected chi connectivity index (χ3v) is 5.58. The van der Waals surface area contributed by atoms with Crippen molar-refractivity contribution in [3.05, 3.63) is 41.7 Å². The van der Waals surface area contributed by atoms with Gasteiger partial charge in [-0.15, -0.1) is 6.58 Å². The molecule has 162 valence electrons. The van der Waals surface area contributed by atoms with Gasteiger partial charge in [0, 0.05) is 30.9 Å². The number of esters is 1. The van der Waals surface area contributed by atoms with E-state index in [2.05, 4.69) is 11.7 Å². The van der Waals surface area contributed by atoms with Gasteiger partial charge in [0.1, 0.15) is 0 Å². The van der Waals surface area contributed by atoms with Gasteiger partial charge in [-0.2, -0.15) is 5.10 Å². The van der Waals surface area contributed by atoms with Crippen molar-refractivity contribution >= 4 is 23.1 Å². The van der Waals surface area contributed by atoms with Crippen LogP contribution in [-0.4, -0.2) is 64.2 Å². The van der Waals surface area contributed by atoms with Crippen LogP contribution >= 0.6 is 0 Å². The van der Waals surface area contributed by atoms with Crippen LogP contribution in [0.5, 0.6) is 0 Å². The molecule has 3 rings (SSSR count). The molecule has 0 bridgehead atoms. The largest absolute Gasteiger partial charge is 0.476 e. The quantitative estimate of drug-likeness (QED) is 0.520. The third-order valence-electron chi connectivity index (χ3n) is 5.58. The monoisotopic (exact) mass is 417 g/mol. The number of carboxylic acids is 1. The number of piperidine rings is 1. The number of rotatable bonds is 7. The van der Waals surface area contributed by atoms with E-state index in [1.165, 1.54) is 17.7 Å². The highest BCUT2D eigenvalue weighted by Crippen LogP contribution is 2.38. The van der Waals surface area contributed by atoms with Crippen LogP contribution in [0.2, 0.25) is 0 Å². The van der Waals surface area contributed by atoms with Gasteiger partial charge in [0.15, 0.2) is 11.8 Å². The fourth-order valence-electron chi connectivity index (χ4n) is 3.87. The number of aryl methyl sites for hydroxylation is 1. The van der Waals surface area contributed by atoms with Crippen LogP contribution in [0.25, 0.3) is 5.52 Å². The van der Waals surface area contributed by atoms with E-state index in [-0.39, 0.29) is 11.3 Å². The number of anilines is 1. The summed E-state index contributed by atoms with van der Waals surface area (Å²) in [7, 11) is 1.21. The van der Waals surface area contributed by atoms with Gasteiger partial charge in [-0.25, -0.2) is 14.1 Å². The Bertz CT molecular complexity index is 975. The highest BCUT2D eigenvalue weighted by molar-refractivity contribution is 5.91. The molecule has 1 unspecified atom stereocenters. The van der Waals surface area contributed by atoms with E-state index >= 15 is 0 Å². The van der Waals surface area contributed by atoms with Crippen molar-refractivity contribution in [2.24, 2.45) is 0 Å². The smallest absolute Gasteiger partial charge is 0.356 e. The molecule has 9 heteroatoms. The molecule has 30 heavy (non-hydrogen) atoms. The van der Waals surface area contributed by atoms with Crippen molar-refractivity contribution < 1.29 is 29.3 Å². The Morgan fingerprint density at radius 1 is 1.40 bits per heavy atom. The van der Waals surface area contributed by atoms with Crippen LogP contribution < -0.4 is 4.90 Å². The number of carbonyl (C=O) groups is 2. The Morgan fingerprint density at radius 3 is 2.63 bits per heavy atom. The van der Waals surface area contributed by atoms with Crippen molar-refractivity contribution in [1.82, 2.24) is 9.61 Å². The number of carboxylic acid groups (broad SMARTS) is 1. The Hall–Kier alpha value is -2.91. The van der Waals surface area contributed by atoms with E-state index in [0.717, 1.165) is 0 Å².